The third-order valence-corrected chi connectivity index (χ3v) is 6.98. The number of benzene rings is 3. The predicted octanol–water partition coefficient (Wildman–Crippen LogP) is 6.19. The van der Waals surface area contributed by atoms with Crippen molar-refractivity contribution in [1.82, 2.24) is 5.32 Å². The Balaban J connectivity index is 1.63. The van der Waals surface area contributed by atoms with Crippen LogP contribution in [-0.4, -0.2) is 17.6 Å². The average molecular weight is 533 g/mol. The summed E-state index contributed by atoms with van der Waals surface area (Å²) in [7, 11) is 0. The number of halogens is 2. The fourth-order valence-corrected chi connectivity index (χ4v) is 5.07. The van der Waals surface area contributed by atoms with E-state index in [0.29, 0.717) is 38.3 Å². The maximum atomic E-state index is 13.5. The molecule has 0 fully saturated rings. The van der Waals surface area contributed by atoms with Gasteiger partial charge in [0.1, 0.15) is 5.82 Å². The molecule has 1 aliphatic heterocycles. The van der Waals surface area contributed by atoms with Gasteiger partial charge >= 0.3 is 0 Å². The summed E-state index contributed by atoms with van der Waals surface area (Å²) in [4.78, 5) is 26.0. The molecule has 1 heterocycles. The van der Waals surface area contributed by atoms with Gasteiger partial charge in [0.25, 0.3) is 5.91 Å². The molecule has 3 aromatic carbocycles. The van der Waals surface area contributed by atoms with E-state index in [1.54, 1.807) is 43.3 Å². The van der Waals surface area contributed by atoms with Crippen LogP contribution in [0.25, 0.3) is 0 Å². The minimum absolute atomic E-state index is 0.0149. The molecule has 1 aliphatic rings. The molecule has 186 valence electrons. The Morgan fingerprint density at radius 1 is 1.00 bits per heavy atom. The summed E-state index contributed by atoms with van der Waals surface area (Å²) in [5.74, 6) is -1.86. The van der Waals surface area contributed by atoms with Crippen molar-refractivity contribution in [1.29, 1.82) is 5.26 Å². The van der Waals surface area contributed by atoms with Crippen molar-refractivity contribution in [3.05, 3.63) is 117 Å². The van der Waals surface area contributed by atoms with E-state index in [1.165, 1.54) is 24.3 Å². The smallest absolute Gasteiger partial charge is 0.254 e. The number of hydrogen-bond donors (Lipinski definition) is 3. The number of carbonyl (C=O) groups excluding carboxylic acids is 2. The molecule has 4 rings (SSSR count). The maximum absolute atomic E-state index is 13.5. The lowest BCUT2D eigenvalue weighted by molar-refractivity contribution is -0.114. The number of anilines is 2. The second-order valence-electron chi connectivity index (χ2n) is 8.14. The molecule has 0 bridgehead atoms. The first-order valence-corrected chi connectivity index (χ1v) is 12.6. The molecule has 1 atom stereocenters. The van der Waals surface area contributed by atoms with Crippen molar-refractivity contribution in [3.8, 4) is 6.07 Å². The van der Waals surface area contributed by atoms with Crippen LogP contribution in [0.2, 0.25) is 5.02 Å². The zero-order valence-electron chi connectivity index (χ0n) is 19.7. The van der Waals surface area contributed by atoms with Crippen LogP contribution < -0.4 is 16.0 Å². The van der Waals surface area contributed by atoms with Crippen LogP contribution in [0.4, 0.5) is 15.8 Å². The molecule has 0 spiro atoms. The normalized spacial score (nSPS) is 15.0. The van der Waals surface area contributed by atoms with Crippen LogP contribution >= 0.6 is 23.4 Å². The second kappa shape index (κ2) is 11.8. The summed E-state index contributed by atoms with van der Waals surface area (Å²) >= 11 is 7.67. The van der Waals surface area contributed by atoms with Crippen molar-refractivity contribution in [2.24, 2.45) is 0 Å². The number of allylic oxidation sites excluding steroid dienone is 2. The van der Waals surface area contributed by atoms with E-state index in [-0.39, 0.29) is 23.1 Å². The highest BCUT2D eigenvalue weighted by Gasteiger charge is 2.35. The van der Waals surface area contributed by atoms with Gasteiger partial charge in [-0.05, 0) is 55.0 Å². The Labute approximate surface area is 223 Å². The summed E-state index contributed by atoms with van der Waals surface area (Å²) in [6.45, 7) is 1.75. The van der Waals surface area contributed by atoms with Gasteiger partial charge in [-0.15, -0.1) is 0 Å². The first-order valence-electron chi connectivity index (χ1n) is 11.3. The highest BCUT2D eigenvalue weighted by Crippen LogP contribution is 2.43. The third-order valence-electron chi connectivity index (χ3n) is 5.62. The van der Waals surface area contributed by atoms with Crippen molar-refractivity contribution in [2.45, 2.75) is 12.8 Å². The number of para-hydroxylation sites is 1. The number of rotatable bonds is 7. The number of nitriles is 1. The summed E-state index contributed by atoms with van der Waals surface area (Å²) in [5.41, 5.74) is 2.85. The molecule has 0 saturated carbocycles. The van der Waals surface area contributed by atoms with Crippen LogP contribution in [0.15, 0.2) is 101 Å². The predicted molar refractivity (Wildman–Crippen MR) is 145 cm³/mol. The first kappa shape index (κ1) is 26.0. The van der Waals surface area contributed by atoms with Gasteiger partial charge in [0.15, 0.2) is 0 Å². The number of nitrogens with one attached hydrogen (secondary N) is 3. The maximum Gasteiger partial charge on any atom is 0.254 e. The minimum Gasteiger partial charge on any atom is -0.353 e. The van der Waals surface area contributed by atoms with Crippen LogP contribution in [0, 0.1) is 17.1 Å². The van der Waals surface area contributed by atoms with E-state index in [9.17, 15) is 19.2 Å². The number of nitrogens with zero attached hydrogens (tertiary/aromatic N) is 1. The van der Waals surface area contributed by atoms with Crippen molar-refractivity contribution < 1.29 is 14.0 Å². The number of hydrogen-bond acceptors (Lipinski definition) is 5. The number of carbonyl (C=O) groups is 2. The Morgan fingerprint density at radius 2 is 1.65 bits per heavy atom. The van der Waals surface area contributed by atoms with Gasteiger partial charge in [-0.25, -0.2) is 4.39 Å². The number of thioether (sulfide) groups is 1. The van der Waals surface area contributed by atoms with Gasteiger partial charge in [-0.3, -0.25) is 9.59 Å². The monoisotopic (exact) mass is 532 g/mol. The third kappa shape index (κ3) is 6.20. The lowest BCUT2D eigenvalue weighted by Gasteiger charge is -2.30. The largest absolute Gasteiger partial charge is 0.353 e. The van der Waals surface area contributed by atoms with Crippen molar-refractivity contribution in [2.75, 3.05) is 16.4 Å². The molecule has 6 nitrogen and oxygen atoms in total. The van der Waals surface area contributed by atoms with Gasteiger partial charge in [-0.2, -0.15) is 5.26 Å². The van der Waals surface area contributed by atoms with Gasteiger partial charge in [0.05, 0.1) is 28.3 Å². The zero-order chi connectivity index (χ0) is 26.4. The van der Waals surface area contributed by atoms with Gasteiger partial charge in [-0.1, -0.05) is 59.8 Å². The summed E-state index contributed by atoms with van der Waals surface area (Å²) < 4.78 is 13.1. The fraction of sp³-hybridized carbons (Fsp3) is 0.107. The van der Waals surface area contributed by atoms with E-state index < -0.39 is 11.7 Å². The topological polar surface area (TPSA) is 94.0 Å². The highest BCUT2D eigenvalue weighted by molar-refractivity contribution is 8.03. The Kier molecular flexibility index (Phi) is 8.29. The quantitative estimate of drug-likeness (QED) is 0.337. The lowest BCUT2D eigenvalue weighted by Crippen LogP contribution is -2.31. The first-order chi connectivity index (χ1) is 17.9. The van der Waals surface area contributed by atoms with Crippen molar-refractivity contribution in [3.63, 3.8) is 0 Å². The number of amides is 2. The molecule has 37 heavy (non-hydrogen) atoms. The summed E-state index contributed by atoms with van der Waals surface area (Å²) in [6, 6.07) is 23.8. The molecule has 0 aliphatic carbocycles. The molecule has 0 radical (unpaired) electrons. The Morgan fingerprint density at radius 3 is 2.32 bits per heavy atom. The lowest BCUT2D eigenvalue weighted by atomic mass is 9.82. The van der Waals surface area contributed by atoms with Crippen LogP contribution in [0.1, 0.15) is 18.4 Å². The molecule has 0 aromatic heterocycles. The van der Waals surface area contributed by atoms with E-state index in [0.717, 1.165) is 11.8 Å². The zero-order valence-corrected chi connectivity index (χ0v) is 21.3. The Hall–Kier alpha value is -4.06. The van der Waals surface area contributed by atoms with E-state index in [1.807, 2.05) is 18.2 Å². The fourth-order valence-electron chi connectivity index (χ4n) is 3.94. The number of dihydropyridines is 1. The molecule has 3 aromatic rings. The second-order valence-corrected chi connectivity index (χ2v) is 9.53. The summed E-state index contributed by atoms with van der Waals surface area (Å²) in [6.07, 6.45) is 0. The van der Waals surface area contributed by atoms with Gasteiger partial charge in [0, 0.05) is 27.7 Å². The molecule has 1 unspecified atom stereocenters. The average Bonchev–Trinajstić information content (AvgIpc) is 2.89. The van der Waals surface area contributed by atoms with Gasteiger partial charge < -0.3 is 16.0 Å². The molecule has 0 saturated heterocycles. The highest BCUT2D eigenvalue weighted by atomic mass is 35.5. The molecule has 2 amide bonds. The van der Waals surface area contributed by atoms with Crippen molar-refractivity contribution >= 4 is 46.6 Å². The SMILES string of the molecule is CC1=C(C(=O)Nc2ccccc2)C(c2ccccc2Cl)C(C#N)=C(SCC(=O)Nc2ccc(F)cc2)N1. The molecular formula is C28H22ClFN4O2S. The van der Waals surface area contributed by atoms with Crippen LogP contribution in [0.5, 0.6) is 0 Å². The standard InChI is InChI=1S/C28H22ClFN4O2S/c1-17-25(27(36)34-19-7-3-2-4-8-19)26(21-9-5-6-10-23(21)29)22(15-31)28(32-17)37-16-24(35)33-20-13-11-18(30)12-14-20/h2-14,26,32H,16H2,1H3,(H,33,35)(H,34,36). The van der Waals surface area contributed by atoms with Crippen LogP contribution in [0.3, 0.4) is 0 Å². The van der Waals surface area contributed by atoms with Crippen LogP contribution in [-0.2, 0) is 9.59 Å². The van der Waals surface area contributed by atoms with E-state index >= 15 is 0 Å². The minimum atomic E-state index is -0.744. The molecular weight excluding hydrogens is 511 g/mol. The summed E-state index contributed by atoms with van der Waals surface area (Å²) in [5, 5.41) is 19.8. The molecule has 9 heteroatoms. The van der Waals surface area contributed by atoms with E-state index in [4.69, 9.17) is 11.6 Å². The molecule has 3 N–H and O–H groups in total. The Bertz CT molecular complexity index is 1430. The van der Waals surface area contributed by atoms with E-state index in [2.05, 4.69) is 22.0 Å². The van der Waals surface area contributed by atoms with Gasteiger partial charge in [0.2, 0.25) is 5.91 Å².